The highest BCUT2D eigenvalue weighted by Crippen LogP contribution is 2.26. The van der Waals surface area contributed by atoms with E-state index in [1.165, 1.54) is 4.31 Å². The fourth-order valence-electron chi connectivity index (χ4n) is 4.22. The topological polar surface area (TPSA) is 69.7 Å². The van der Waals surface area contributed by atoms with Gasteiger partial charge in [0.15, 0.2) is 5.82 Å². The summed E-state index contributed by atoms with van der Waals surface area (Å²) >= 11 is 0. The molecular formula is C25H33F2N3O3S. The van der Waals surface area contributed by atoms with Crippen molar-refractivity contribution in [2.24, 2.45) is 0 Å². The fourth-order valence-corrected chi connectivity index (χ4v) is 5.80. The van der Waals surface area contributed by atoms with Crippen LogP contribution in [0.4, 0.5) is 14.5 Å². The molecule has 0 saturated carbocycles. The molecule has 0 aliphatic carbocycles. The standard InChI is InChI=1S/C25H33F2N3O3S/c1-3-29(20-11-8-10-19(2)18-20)15-9-14-28-25(31)23-21(26)12-13-22(24(23)27)34(32,33)30-16-6-4-5-7-17-30/h8,10-13,18H,3-7,9,14-17H2,1-2H3,(H,28,31). The third-order valence-electron chi connectivity index (χ3n) is 6.10. The van der Waals surface area contributed by atoms with Crippen molar-refractivity contribution in [2.75, 3.05) is 37.6 Å². The van der Waals surface area contributed by atoms with Crippen molar-refractivity contribution in [3.63, 3.8) is 0 Å². The van der Waals surface area contributed by atoms with Gasteiger partial charge in [-0.1, -0.05) is 25.0 Å². The average molecular weight is 494 g/mol. The minimum Gasteiger partial charge on any atom is -0.372 e. The Morgan fingerprint density at radius 1 is 1.09 bits per heavy atom. The summed E-state index contributed by atoms with van der Waals surface area (Å²) in [5, 5.41) is 2.54. The second-order valence-electron chi connectivity index (χ2n) is 8.58. The van der Waals surface area contributed by atoms with Gasteiger partial charge in [0.25, 0.3) is 5.91 Å². The molecule has 1 aliphatic heterocycles. The van der Waals surface area contributed by atoms with Gasteiger partial charge in [-0.25, -0.2) is 17.2 Å². The number of carbonyl (C=O) groups is 1. The molecule has 3 rings (SSSR count). The summed E-state index contributed by atoms with van der Waals surface area (Å²) in [6.45, 7) is 6.24. The van der Waals surface area contributed by atoms with Crippen LogP contribution in [0.15, 0.2) is 41.3 Å². The van der Waals surface area contributed by atoms with E-state index < -0.39 is 38.0 Å². The maximum absolute atomic E-state index is 15.2. The van der Waals surface area contributed by atoms with Gasteiger partial charge in [0.1, 0.15) is 16.3 Å². The van der Waals surface area contributed by atoms with Gasteiger partial charge >= 0.3 is 0 Å². The van der Waals surface area contributed by atoms with Gasteiger partial charge in [0, 0.05) is 38.4 Å². The van der Waals surface area contributed by atoms with Crippen LogP contribution in [-0.2, 0) is 10.0 Å². The van der Waals surface area contributed by atoms with Gasteiger partial charge in [0.05, 0.1) is 0 Å². The highest BCUT2D eigenvalue weighted by atomic mass is 32.2. The minimum atomic E-state index is -4.16. The second kappa shape index (κ2) is 11.8. The van der Waals surface area contributed by atoms with Gasteiger partial charge in [-0.2, -0.15) is 4.31 Å². The summed E-state index contributed by atoms with van der Waals surface area (Å²) in [6.07, 6.45) is 3.75. The second-order valence-corrected chi connectivity index (χ2v) is 10.5. The molecule has 1 amide bonds. The first-order valence-electron chi connectivity index (χ1n) is 11.8. The van der Waals surface area contributed by atoms with Gasteiger partial charge < -0.3 is 10.2 Å². The molecule has 0 aromatic heterocycles. The number of nitrogens with one attached hydrogen (secondary N) is 1. The number of sulfonamides is 1. The van der Waals surface area contributed by atoms with Crippen molar-refractivity contribution >= 4 is 21.6 Å². The zero-order valence-electron chi connectivity index (χ0n) is 19.8. The molecule has 1 aliphatic rings. The lowest BCUT2D eigenvalue weighted by molar-refractivity contribution is 0.0944. The van der Waals surface area contributed by atoms with Crippen LogP contribution in [0.5, 0.6) is 0 Å². The Hall–Kier alpha value is -2.52. The number of benzene rings is 2. The first kappa shape index (κ1) is 26.1. The highest BCUT2D eigenvalue weighted by molar-refractivity contribution is 7.89. The Labute approximate surface area is 201 Å². The zero-order valence-corrected chi connectivity index (χ0v) is 20.6. The van der Waals surface area contributed by atoms with Crippen LogP contribution in [0.3, 0.4) is 0 Å². The summed E-state index contributed by atoms with van der Waals surface area (Å²) in [6, 6.07) is 9.83. The monoisotopic (exact) mass is 493 g/mol. The predicted octanol–water partition coefficient (Wildman–Crippen LogP) is 4.48. The molecule has 0 unspecified atom stereocenters. The summed E-state index contributed by atoms with van der Waals surface area (Å²) in [7, 11) is -4.16. The summed E-state index contributed by atoms with van der Waals surface area (Å²) in [4.78, 5) is 14.1. The SMILES string of the molecule is CCN(CCCNC(=O)c1c(F)ccc(S(=O)(=O)N2CCCCCC2)c1F)c1cccc(C)c1. The summed E-state index contributed by atoms with van der Waals surface area (Å²) in [5.74, 6) is -3.38. The zero-order chi connectivity index (χ0) is 24.7. The highest BCUT2D eigenvalue weighted by Gasteiger charge is 2.31. The Kier molecular flexibility index (Phi) is 9.02. The van der Waals surface area contributed by atoms with E-state index in [1.807, 2.05) is 32.0 Å². The number of hydrogen-bond donors (Lipinski definition) is 1. The number of anilines is 1. The van der Waals surface area contributed by atoms with Crippen molar-refractivity contribution in [3.05, 3.63) is 59.2 Å². The van der Waals surface area contributed by atoms with E-state index in [9.17, 15) is 17.6 Å². The molecule has 2 aromatic rings. The number of amides is 1. The first-order chi connectivity index (χ1) is 16.3. The van der Waals surface area contributed by atoms with E-state index in [1.54, 1.807) is 0 Å². The Bertz CT molecular complexity index is 1100. The molecule has 1 N–H and O–H groups in total. The average Bonchev–Trinajstić information content (AvgIpc) is 3.09. The molecule has 186 valence electrons. The van der Waals surface area contributed by atoms with Crippen molar-refractivity contribution in [3.8, 4) is 0 Å². The van der Waals surface area contributed by atoms with Gasteiger partial charge in [-0.05, 0) is 62.9 Å². The lowest BCUT2D eigenvalue weighted by Gasteiger charge is -2.23. The van der Waals surface area contributed by atoms with Crippen LogP contribution < -0.4 is 10.2 Å². The Morgan fingerprint density at radius 3 is 2.44 bits per heavy atom. The molecule has 0 atom stereocenters. The van der Waals surface area contributed by atoms with Crippen LogP contribution in [0, 0.1) is 18.6 Å². The Balaban J connectivity index is 1.67. The van der Waals surface area contributed by atoms with E-state index in [0.29, 0.717) is 25.8 Å². The van der Waals surface area contributed by atoms with Gasteiger partial charge in [-0.3, -0.25) is 4.79 Å². The van der Waals surface area contributed by atoms with E-state index in [2.05, 4.69) is 16.3 Å². The van der Waals surface area contributed by atoms with Crippen LogP contribution in [0.1, 0.15) is 54.9 Å². The molecule has 1 fully saturated rings. The van der Waals surface area contributed by atoms with Crippen molar-refractivity contribution in [1.82, 2.24) is 9.62 Å². The first-order valence-corrected chi connectivity index (χ1v) is 13.3. The van der Waals surface area contributed by atoms with Crippen LogP contribution >= 0.6 is 0 Å². The lowest BCUT2D eigenvalue weighted by atomic mass is 10.1. The quantitative estimate of drug-likeness (QED) is 0.523. The number of hydrogen-bond acceptors (Lipinski definition) is 4. The molecule has 0 bridgehead atoms. The molecule has 0 spiro atoms. The fraction of sp³-hybridized carbons (Fsp3) is 0.480. The predicted molar refractivity (Wildman–Crippen MR) is 130 cm³/mol. The maximum Gasteiger partial charge on any atom is 0.257 e. The van der Waals surface area contributed by atoms with E-state index >= 15 is 4.39 Å². The third-order valence-corrected chi connectivity index (χ3v) is 8.02. The van der Waals surface area contributed by atoms with E-state index in [0.717, 1.165) is 42.8 Å². The van der Waals surface area contributed by atoms with Crippen LogP contribution in [0.2, 0.25) is 0 Å². The largest absolute Gasteiger partial charge is 0.372 e. The lowest BCUT2D eigenvalue weighted by Crippen LogP contribution is -2.34. The van der Waals surface area contributed by atoms with Crippen molar-refractivity contribution < 1.29 is 22.0 Å². The normalized spacial score (nSPS) is 15.1. The van der Waals surface area contributed by atoms with E-state index in [-0.39, 0.29) is 19.6 Å². The number of nitrogens with zero attached hydrogens (tertiary/aromatic N) is 2. The van der Waals surface area contributed by atoms with E-state index in [4.69, 9.17) is 0 Å². The molecule has 0 radical (unpaired) electrons. The molecule has 6 nitrogen and oxygen atoms in total. The minimum absolute atomic E-state index is 0.198. The molecule has 1 saturated heterocycles. The number of halogens is 2. The molecule has 9 heteroatoms. The van der Waals surface area contributed by atoms with Crippen LogP contribution in [0.25, 0.3) is 0 Å². The number of carbonyl (C=O) groups excluding carboxylic acids is 1. The van der Waals surface area contributed by atoms with Crippen molar-refractivity contribution in [1.29, 1.82) is 0 Å². The number of aryl methyl sites for hydroxylation is 1. The maximum atomic E-state index is 15.2. The summed E-state index contributed by atoms with van der Waals surface area (Å²) in [5.41, 5.74) is 1.35. The number of rotatable bonds is 9. The van der Waals surface area contributed by atoms with Gasteiger partial charge in [0.2, 0.25) is 10.0 Å². The third kappa shape index (κ3) is 6.13. The Morgan fingerprint density at radius 2 is 1.79 bits per heavy atom. The molecule has 34 heavy (non-hydrogen) atoms. The molecular weight excluding hydrogens is 460 g/mol. The van der Waals surface area contributed by atoms with Crippen LogP contribution in [-0.4, -0.2) is 51.4 Å². The molecule has 2 aromatic carbocycles. The van der Waals surface area contributed by atoms with Gasteiger partial charge in [-0.15, -0.1) is 0 Å². The summed E-state index contributed by atoms with van der Waals surface area (Å²) < 4.78 is 56.8. The van der Waals surface area contributed by atoms with Crippen molar-refractivity contribution in [2.45, 2.75) is 50.8 Å². The molecule has 1 heterocycles. The smallest absolute Gasteiger partial charge is 0.257 e.